The Morgan fingerprint density at radius 3 is 2.45 bits per heavy atom. The van der Waals surface area contributed by atoms with Crippen molar-refractivity contribution in [3.05, 3.63) is 91.8 Å². The quantitative estimate of drug-likeness (QED) is 0.209. The highest BCUT2D eigenvalue weighted by molar-refractivity contribution is 14.1. The third-order valence-corrected chi connectivity index (χ3v) is 8.85. The van der Waals surface area contributed by atoms with Crippen molar-refractivity contribution in [3.63, 3.8) is 0 Å². The lowest BCUT2D eigenvalue weighted by molar-refractivity contribution is -0.122. The Bertz CT molecular complexity index is 1520. The fraction of sp³-hybridized carbons (Fsp3) is 0.323. The van der Waals surface area contributed by atoms with Crippen LogP contribution in [0.15, 0.2) is 60.7 Å². The van der Waals surface area contributed by atoms with Gasteiger partial charge in [0.05, 0.1) is 6.04 Å². The number of nitrogens with one attached hydrogen (secondary N) is 3. The fourth-order valence-corrected chi connectivity index (χ4v) is 6.85. The van der Waals surface area contributed by atoms with Crippen LogP contribution >= 0.6 is 34.2 Å². The van der Waals surface area contributed by atoms with E-state index in [1.807, 2.05) is 28.7 Å². The molecule has 1 fully saturated rings. The molecule has 0 aliphatic carbocycles. The third-order valence-electron chi connectivity index (χ3n) is 7.78. The lowest BCUT2D eigenvalue weighted by Crippen LogP contribution is -2.49. The number of benzene rings is 3. The molecule has 2 aliphatic heterocycles. The number of halogens is 3. The molecule has 3 aromatic carbocycles. The number of rotatable bonds is 5. The van der Waals surface area contributed by atoms with Gasteiger partial charge in [-0.2, -0.15) is 0 Å². The predicted molar refractivity (Wildman–Crippen MR) is 163 cm³/mol. The lowest BCUT2D eigenvalue weighted by Gasteiger charge is -2.37. The Hall–Kier alpha value is -2.82. The topological polar surface area (TPSA) is 87.3 Å². The van der Waals surface area contributed by atoms with E-state index in [9.17, 15) is 14.4 Å². The molecule has 5 rings (SSSR count). The summed E-state index contributed by atoms with van der Waals surface area (Å²) in [5, 5.41) is 9.88. The Kier molecular flexibility index (Phi) is 7.56. The van der Waals surface area contributed by atoms with Gasteiger partial charge >= 0.3 is 0 Å². The molecule has 1 spiro atoms. The maximum Gasteiger partial charge on any atom is 0.242 e. The van der Waals surface area contributed by atoms with Gasteiger partial charge in [0.1, 0.15) is 11.2 Å². The van der Waals surface area contributed by atoms with Gasteiger partial charge in [-0.05, 0) is 94.9 Å². The van der Waals surface area contributed by atoms with E-state index >= 15 is 4.39 Å². The molecule has 2 aliphatic rings. The van der Waals surface area contributed by atoms with Crippen molar-refractivity contribution in [1.29, 1.82) is 0 Å². The second kappa shape index (κ2) is 10.5. The minimum absolute atomic E-state index is 0.0810. The lowest BCUT2D eigenvalue weighted by atomic mass is 9.62. The van der Waals surface area contributed by atoms with Gasteiger partial charge in [-0.1, -0.05) is 50.6 Å². The zero-order chi connectivity index (χ0) is 29.0. The van der Waals surface area contributed by atoms with Crippen LogP contribution in [0.1, 0.15) is 61.5 Å². The summed E-state index contributed by atoms with van der Waals surface area (Å²) in [5.41, 5.74) is 1.07. The highest BCUT2D eigenvalue weighted by atomic mass is 127. The van der Waals surface area contributed by atoms with Crippen molar-refractivity contribution >= 4 is 63.2 Å². The number of fused-ring (bicyclic) bond motifs is 2. The summed E-state index contributed by atoms with van der Waals surface area (Å²) in [4.78, 5) is 39.9. The molecule has 2 heterocycles. The molecule has 0 radical (unpaired) electrons. The summed E-state index contributed by atoms with van der Waals surface area (Å²) >= 11 is 8.23. The van der Waals surface area contributed by atoms with Crippen LogP contribution in [-0.2, 0) is 15.0 Å². The van der Waals surface area contributed by atoms with Gasteiger partial charge < -0.3 is 16.0 Å². The second-order valence-corrected chi connectivity index (χ2v) is 13.3. The second-order valence-electron chi connectivity index (χ2n) is 11.7. The zero-order valence-corrected chi connectivity index (χ0v) is 25.5. The number of amides is 2. The molecule has 9 heteroatoms. The van der Waals surface area contributed by atoms with E-state index in [2.05, 4.69) is 36.7 Å². The third kappa shape index (κ3) is 4.94. The van der Waals surface area contributed by atoms with Crippen molar-refractivity contribution in [3.8, 4) is 0 Å². The Morgan fingerprint density at radius 2 is 1.80 bits per heavy atom. The van der Waals surface area contributed by atoms with E-state index in [4.69, 9.17) is 11.6 Å². The smallest absolute Gasteiger partial charge is 0.242 e. The molecule has 40 heavy (non-hydrogen) atoms. The average Bonchev–Trinajstić information content (AvgIpc) is 3.35. The first-order valence-electron chi connectivity index (χ1n) is 13.1. The van der Waals surface area contributed by atoms with Gasteiger partial charge in [0.25, 0.3) is 0 Å². The molecule has 208 valence electrons. The van der Waals surface area contributed by atoms with E-state index in [1.54, 1.807) is 54.6 Å². The van der Waals surface area contributed by atoms with Crippen LogP contribution < -0.4 is 16.0 Å². The summed E-state index contributed by atoms with van der Waals surface area (Å²) in [5.74, 6) is -2.10. The molecular weight excluding hydrogens is 644 g/mol. The van der Waals surface area contributed by atoms with Crippen LogP contribution in [-0.4, -0.2) is 29.7 Å². The van der Waals surface area contributed by atoms with E-state index < -0.39 is 35.1 Å². The number of ketones is 1. The van der Waals surface area contributed by atoms with Gasteiger partial charge in [0, 0.05) is 37.5 Å². The molecule has 0 saturated carbocycles. The first-order valence-corrected chi connectivity index (χ1v) is 14.5. The average molecular weight is 674 g/mol. The van der Waals surface area contributed by atoms with Crippen LogP contribution in [0.5, 0.6) is 0 Å². The van der Waals surface area contributed by atoms with Gasteiger partial charge in [-0.3, -0.25) is 14.4 Å². The summed E-state index contributed by atoms with van der Waals surface area (Å²) in [6, 6.07) is 15.5. The van der Waals surface area contributed by atoms with Gasteiger partial charge in [-0.15, -0.1) is 0 Å². The number of hydrogen-bond donors (Lipinski definition) is 3. The van der Waals surface area contributed by atoms with Crippen molar-refractivity contribution in [2.75, 3.05) is 10.6 Å². The van der Waals surface area contributed by atoms with Crippen LogP contribution in [0, 0.1) is 14.8 Å². The molecule has 3 N–H and O–H groups in total. The van der Waals surface area contributed by atoms with Crippen molar-refractivity contribution in [2.24, 2.45) is 5.41 Å². The molecular formula is C31H30ClFIN3O3. The predicted octanol–water partition coefficient (Wildman–Crippen LogP) is 6.68. The molecule has 0 aromatic heterocycles. The van der Waals surface area contributed by atoms with Crippen LogP contribution in [0.4, 0.5) is 15.8 Å². The molecule has 0 bridgehead atoms. The molecule has 1 saturated heterocycles. The van der Waals surface area contributed by atoms with E-state index in [0.717, 1.165) is 0 Å². The van der Waals surface area contributed by atoms with Gasteiger partial charge in [-0.25, -0.2) is 4.39 Å². The van der Waals surface area contributed by atoms with E-state index in [-0.39, 0.29) is 17.1 Å². The Labute approximate surface area is 251 Å². The summed E-state index contributed by atoms with van der Waals surface area (Å²) < 4.78 is 16.4. The largest absolute Gasteiger partial charge is 0.325 e. The normalized spacial score (nSPS) is 23.7. The van der Waals surface area contributed by atoms with Crippen molar-refractivity contribution < 1.29 is 18.8 Å². The zero-order valence-electron chi connectivity index (χ0n) is 22.6. The molecule has 6 nitrogen and oxygen atoms in total. The summed E-state index contributed by atoms with van der Waals surface area (Å²) in [6.45, 7) is 7.69. The van der Waals surface area contributed by atoms with Crippen molar-refractivity contribution in [2.45, 2.75) is 57.5 Å². The minimum Gasteiger partial charge on any atom is -0.325 e. The first-order chi connectivity index (χ1) is 18.8. The van der Waals surface area contributed by atoms with Crippen LogP contribution in [0.25, 0.3) is 0 Å². The molecule has 4 atom stereocenters. The maximum atomic E-state index is 16.0. The summed E-state index contributed by atoms with van der Waals surface area (Å²) in [6.07, 6.45) is 0.543. The number of carbonyl (C=O) groups is 3. The van der Waals surface area contributed by atoms with E-state index in [0.29, 0.717) is 43.1 Å². The fourth-order valence-electron chi connectivity index (χ4n) is 6.16. The standard InChI is InChI=1S/C31H30ClFIN3O3/c1-16(38)17-8-11-19(12-9-17)35-28(39)27-25(20-6-5-7-22(34)26(20)33)31(24(37-27)15-30(2,3)4)21-13-10-18(32)14-23(21)36-29(31)40/h5-14,24-25,27,37H,15H2,1-4H3,(H,35,39)(H,36,40)/t24-,25-,27+,31+/m0/s1. The highest BCUT2D eigenvalue weighted by Gasteiger charge is 2.66. The van der Waals surface area contributed by atoms with Crippen LogP contribution in [0.3, 0.4) is 0 Å². The number of carbonyl (C=O) groups excluding carboxylic acids is 3. The monoisotopic (exact) mass is 673 g/mol. The maximum absolute atomic E-state index is 16.0. The Balaban J connectivity index is 1.69. The minimum atomic E-state index is -1.28. The van der Waals surface area contributed by atoms with Gasteiger partial charge in [0.2, 0.25) is 11.8 Å². The van der Waals surface area contributed by atoms with E-state index in [1.165, 1.54) is 6.92 Å². The summed E-state index contributed by atoms with van der Waals surface area (Å²) in [7, 11) is 0. The molecule has 2 amide bonds. The highest BCUT2D eigenvalue weighted by Crippen LogP contribution is 2.57. The van der Waals surface area contributed by atoms with Gasteiger partial charge in [0.15, 0.2) is 5.78 Å². The molecule has 0 unspecified atom stereocenters. The Morgan fingerprint density at radius 1 is 1.10 bits per heavy atom. The van der Waals surface area contributed by atoms with Crippen molar-refractivity contribution in [1.82, 2.24) is 5.32 Å². The number of hydrogen-bond acceptors (Lipinski definition) is 4. The number of anilines is 2. The number of Topliss-reactive ketones (excluding diaryl/α,β-unsaturated/α-hetero) is 1. The van der Waals surface area contributed by atoms with Crippen LogP contribution in [0.2, 0.25) is 5.02 Å². The first kappa shape index (κ1) is 28.7. The SMILES string of the molecule is CC(=O)c1ccc(NC(=O)[C@@H]2N[C@@H](CC(C)(C)C)[C@@]3(C(=O)Nc4cc(Cl)ccc43)[C@H]2c2cccc(I)c2F)cc1. The molecule has 3 aromatic rings.